The van der Waals surface area contributed by atoms with Crippen LogP contribution in [0.25, 0.3) is 0 Å². The van der Waals surface area contributed by atoms with Gasteiger partial charge in [0.05, 0.1) is 6.04 Å². The van der Waals surface area contributed by atoms with Gasteiger partial charge in [-0.05, 0) is 42.6 Å². The summed E-state index contributed by atoms with van der Waals surface area (Å²) in [5.41, 5.74) is 2.60. The lowest BCUT2D eigenvalue weighted by Crippen LogP contribution is -2.39. The van der Waals surface area contributed by atoms with Crippen LogP contribution in [0.15, 0.2) is 48.5 Å². The molecule has 0 bridgehead atoms. The van der Waals surface area contributed by atoms with Crippen LogP contribution in [-0.2, 0) is 0 Å². The largest absolute Gasteiger partial charge is 0.485 e. The third kappa shape index (κ3) is 2.66. The second-order valence-corrected chi connectivity index (χ2v) is 5.62. The van der Waals surface area contributed by atoms with Crippen LogP contribution in [0.4, 0.5) is 4.39 Å². The van der Waals surface area contributed by atoms with Gasteiger partial charge in [-0.1, -0.05) is 43.3 Å². The van der Waals surface area contributed by atoms with Gasteiger partial charge in [-0.3, -0.25) is 0 Å². The quantitative estimate of drug-likeness (QED) is 0.919. The lowest BCUT2D eigenvalue weighted by molar-refractivity contribution is 0.125. The van der Waals surface area contributed by atoms with E-state index in [-0.39, 0.29) is 18.0 Å². The molecule has 0 amide bonds. The zero-order valence-corrected chi connectivity index (χ0v) is 12.3. The summed E-state index contributed by atoms with van der Waals surface area (Å²) in [5.74, 6) is 0.427. The van der Waals surface area contributed by atoms with Gasteiger partial charge in [0.15, 0.2) is 11.6 Å². The van der Waals surface area contributed by atoms with Gasteiger partial charge in [0.1, 0.15) is 6.10 Å². The monoisotopic (exact) mass is 285 g/mol. The van der Waals surface area contributed by atoms with E-state index in [9.17, 15) is 4.39 Å². The molecule has 0 radical (unpaired) electrons. The maximum absolute atomic E-state index is 13.8. The summed E-state index contributed by atoms with van der Waals surface area (Å²) in [4.78, 5) is 0. The van der Waals surface area contributed by atoms with E-state index >= 15 is 0 Å². The first-order chi connectivity index (χ1) is 10.2. The zero-order valence-electron chi connectivity index (χ0n) is 12.3. The number of nitrogens with one attached hydrogen (secondary N) is 1. The Bertz CT molecular complexity index is 628. The van der Waals surface area contributed by atoms with Crippen LogP contribution in [0.2, 0.25) is 0 Å². The molecule has 3 heteroatoms. The number of benzene rings is 2. The molecule has 2 aromatic rings. The second-order valence-electron chi connectivity index (χ2n) is 5.62. The van der Waals surface area contributed by atoms with Crippen molar-refractivity contribution in [1.82, 2.24) is 5.32 Å². The maximum Gasteiger partial charge on any atom is 0.165 e. The van der Waals surface area contributed by atoms with Crippen LogP contribution in [0.3, 0.4) is 0 Å². The minimum absolute atomic E-state index is 0.0724. The van der Waals surface area contributed by atoms with Crippen LogP contribution in [-0.4, -0.2) is 13.2 Å². The zero-order chi connectivity index (χ0) is 14.8. The molecular weight excluding hydrogens is 265 g/mol. The van der Waals surface area contributed by atoms with Crippen molar-refractivity contribution >= 4 is 0 Å². The van der Waals surface area contributed by atoms with Crippen molar-refractivity contribution in [3.05, 3.63) is 65.5 Å². The molecular formula is C18H20FNO. The lowest BCUT2D eigenvalue weighted by Gasteiger charge is -2.36. The Balaban J connectivity index is 1.92. The highest BCUT2D eigenvalue weighted by atomic mass is 19.1. The molecule has 1 aliphatic rings. The van der Waals surface area contributed by atoms with Crippen LogP contribution < -0.4 is 10.1 Å². The summed E-state index contributed by atoms with van der Waals surface area (Å²) in [7, 11) is 1.93. The molecule has 21 heavy (non-hydrogen) atoms. The summed E-state index contributed by atoms with van der Waals surface area (Å²) in [6.07, 6.45) is 0.799. The van der Waals surface area contributed by atoms with Gasteiger partial charge in [-0.25, -0.2) is 4.39 Å². The fourth-order valence-corrected chi connectivity index (χ4v) is 3.22. The molecule has 0 saturated heterocycles. The van der Waals surface area contributed by atoms with Gasteiger partial charge < -0.3 is 10.1 Å². The average molecular weight is 285 g/mol. The van der Waals surface area contributed by atoms with Crippen molar-refractivity contribution in [2.24, 2.45) is 0 Å². The Morgan fingerprint density at radius 2 is 1.71 bits per heavy atom. The minimum atomic E-state index is -0.307. The molecule has 2 nitrogen and oxygen atoms in total. The summed E-state index contributed by atoms with van der Waals surface area (Å²) in [6, 6.07) is 15.1. The number of para-hydroxylation sites is 1. The van der Waals surface area contributed by atoms with E-state index in [2.05, 4.69) is 30.4 Å². The predicted molar refractivity (Wildman–Crippen MR) is 82.1 cm³/mol. The van der Waals surface area contributed by atoms with Crippen LogP contribution in [0.1, 0.15) is 36.4 Å². The standard InChI is InChI=1S/C18H20FNO/c1-12-11-17(21-16-10-6-5-9-15(16)19)18(20-2)14-8-4-3-7-13(12)14/h3-10,12,17-18,20H,11H2,1-2H3. The van der Waals surface area contributed by atoms with E-state index in [1.165, 1.54) is 17.2 Å². The Hall–Kier alpha value is -1.87. The number of rotatable bonds is 3. The number of hydrogen-bond donors (Lipinski definition) is 1. The molecule has 0 aliphatic heterocycles. The molecule has 3 rings (SSSR count). The van der Waals surface area contributed by atoms with E-state index in [0.717, 1.165) is 6.42 Å². The van der Waals surface area contributed by atoms with Crippen molar-refractivity contribution in [1.29, 1.82) is 0 Å². The summed E-state index contributed by atoms with van der Waals surface area (Å²) >= 11 is 0. The fraction of sp³-hybridized carbons (Fsp3) is 0.333. The van der Waals surface area contributed by atoms with Crippen molar-refractivity contribution in [3.63, 3.8) is 0 Å². The Morgan fingerprint density at radius 3 is 2.43 bits per heavy atom. The lowest BCUT2D eigenvalue weighted by atomic mass is 9.79. The molecule has 3 unspecified atom stereocenters. The molecule has 0 aromatic heterocycles. The van der Waals surface area contributed by atoms with Crippen LogP contribution in [0.5, 0.6) is 5.75 Å². The normalized spacial score (nSPS) is 24.4. The predicted octanol–water partition coefficient (Wildman–Crippen LogP) is 4.04. The molecule has 0 spiro atoms. The smallest absolute Gasteiger partial charge is 0.165 e. The van der Waals surface area contributed by atoms with Gasteiger partial charge in [0, 0.05) is 0 Å². The van der Waals surface area contributed by atoms with E-state index in [1.807, 2.05) is 13.1 Å². The average Bonchev–Trinajstić information content (AvgIpc) is 2.50. The number of ether oxygens (including phenoxy) is 1. The Morgan fingerprint density at radius 1 is 1.05 bits per heavy atom. The first kappa shape index (κ1) is 14.1. The number of hydrogen-bond acceptors (Lipinski definition) is 2. The highest BCUT2D eigenvalue weighted by Gasteiger charge is 2.33. The van der Waals surface area contributed by atoms with Gasteiger partial charge in [-0.2, -0.15) is 0 Å². The van der Waals surface area contributed by atoms with Crippen molar-refractivity contribution in [2.45, 2.75) is 31.4 Å². The molecule has 2 aromatic carbocycles. The van der Waals surface area contributed by atoms with Crippen molar-refractivity contribution in [3.8, 4) is 5.75 Å². The van der Waals surface area contributed by atoms with Crippen LogP contribution in [0, 0.1) is 5.82 Å². The molecule has 3 atom stereocenters. The highest BCUT2D eigenvalue weighted by Crippen LogP contribution is 2.39. The van der Waals surface area contributed by atoms with E-state index < -0.39 is 0 Å². The first-order valence-corrected chi connectivity index (χ1v) is 7.38. The van der Waals surface area contributed by atoms with Crippen molar-refractivity contribution < 1.29 is 9.13 Å². The summed E-state index contributed by atoms with van der Waals surface area (Å²) < 4.78 is 19.8. The minimum Gasteiger partial charge on any atom is -0.485 e. The van der Waals surface area contributed by atoms with E-state index in [1.54, 1.807) is 18.2 Å². The number of likely N-dealkylation sites (N-methyl/N-ethyl adjacent to an activating group) is 1. The van der Waals surface area contributed by atoms with Gasteiger partial charge >= 0.3 is 0 Å². The molecule has 0 saturated carbocycles. The summed E-state index contributed by atoms with van der Waals surface area (Å²) in [5, 5.41) is 3.32. The number of halogens is 1. The number of fused-ring (bicyclic) bond motifs is 1. The topological polar surface area (TPSA) is 21.3 Å². The third-order valence-electron chi connectivity index (χ3n) is 4.25. The summed E-state index contributed by atoms with van der Waals surface area (Å²) in [6.45, 7) is 2.20. The molecule has 110 valence electrons. The fourth-order valence-electron chi connectivity index (χ4n) is 3.22. The third-order valence-corrected chi connectivity index (χ3v) is 4.25. The first-order valence-electron chi connectivity index (χ1n) is 7.38. The molecule has 0 heterocycles. The van der Waals surface area contributed by atoms with Crippen LogP contribution >= 0.6 is 0 Å². The molecule has 0 fully saturated rings. The van der Waals surface area contributed by atoms with Gasteiger partial charge in [0.25, 0.3) is 0 Å². The maximum atomic E-state index is 13.8. The van der Waals surface area contributed by atoms with Gasteiger partial charge in [-0.15, -0.1) is 0 Å². The van der Waals surface area contributed by atoms with Crippen molar-refractivity contribution in [2.75, 3.05) is 7.05 Å². The highest BCUT2D eigenvalue weighted by molar-refractivity contribution is 5.37. The SMILES string of the molecule is CNC1c2ccccc2C(C)CC1Oc1ccccc1F. The van der Waals surface area contributed by atoms with E-state index in [0.29, 0.717) is 11.7 Å². The Kier molecular flexibility index (Phi) is 3.93. The van der Waals surface area contributed by atoms with E-state index in [4.69, 9.17) is 4.74 Å². The molecule has 1 N–H and O–H groups in total. The molecule has 1 aliphatic carbocycles. The Labute approximate surface area is 125 Å². The second kappa shape index (κ2) is 5.86. The van der Waals surface area contributed by atoms with Gasteiger partial charge in [0.2, 0.25) is 0 Å².